The zero-order chi connectivity index (χ0) is 26.3. The lowest BCUT2D eigenvalue weighted by atomic mass is 9.94. The number of rotatable bonds is 6. The zero-order valence-corrected chi connectivity index (χ0v) is 21.3. The smallest absolute Gasteiger partial charge is 0.324 e. The zero-order valence-electron chi connectivity index (χ0n) is 21.3. The molecule has 0 saturated carbocycles. The van der Waals surface area contributed by atoms with Gasteiger partial charge in [0.15, 0.2) is 0 Å². The van der Waals surface area contributed by atoms with Gasteiger partial charge < -0.3 is 19.9 Å². The summed E-state index contributed by atoms with van der Waals surface area (Å²) in [7, 11) is 3.20. The van der Waals surface area contributed by atoms with Crippen LogP contribution >= 0.6 is 0 Å². The van der Waals surface area contributed by atoms with E-state index in [2.05, 4.69) is 10.6 Å². The molecule has 0 aromatic heterocycles. The summed E-state index contributed by atoms with van der Waals surface area (Å²) in [6, 6.07) is 12.5. The molecule has 2 aromatic carbocycles. The molecule has 0 radical (unpaired) electrons. The minimum Gasteiger partial charge on any atom is -0.497 e. The van der Waals surface area contributed by atoms with Crippen molar-refractivity contribution in [2.24, 2.45) is 5.41 Å². The molecule has 1 saturated heterocycles. The van der Waals surface area contributed by atoms with Gasteiger partial charge >= 0.3 is 6.03 Å². The van der Waals surface area contributed by atoms with Gasteiger partial charge in [-0.05, 0) is 41.0 Å². The van der Waals surface area contributed by atoms with Crippen molar-refractivity contribution in [1.82, 2.24) is 15.1 Å². The lowest BCUT2D eigenvalue weighted by molar-refractivity contribution is -0.142. The Morgan fingerprint density at radius 3 is 2.47 bits per heavy atom. The third-order valence-corrected chi connectivity index (χ3v) is 6.82. The number of nitrogens with zero attached hydrogens (tertiary/aromatic N) is 2. The third kappa shape index (κ3) is 4.78. The number of carbonyl (C=O) groups is 4. The van der Waals surface area contributed by atoms with Crippen LogP contribution in [0.15, 0.2) is 42.5 Å². The van der Waals surface area contributed by atoms with Crippen LogP contribution in [0, 0.1) is 5.41 Å². The predicted octanol–water partition coefficient (Wildman–Crippen LogP) is 2.73. The van der Waals surface area contributed by atoms with Gasteiger partial charge in [0.25, 0.3) is 5.91 Å². The second kappa shape index (κ2) is 9.29. The Labute approximate surface area is 210 Å². The first-order valence-electron chi connectivity index (χ1n) is 11.9. The van der Waals surface area contributed by atoms with Crippen LogP contribution in [-0.4, -0.2) is 59.8 Å². The number of likely N-dealkylation sites (N-methyl/N-ethyl adjacent to an activating group) is 1. The Morgan fingerprint density at radius 2 is 1.83 bits per heavy atom. The fourth-order valence-electron chi connectivity index (χ4n) is 4.81. The van der Waals surface area contributed by atoms with Gasteiger partial charge in [0, 0.05) is 37.5 Å². The first kappa shape index (κ1) is 25.2. The predicted molar refractivity (Wildman–Crippen MR) is 134 cm³/mol. The monoisotopic (exact) mass is 492 g/mol. The van der Waals surface area contributed by atoms with Gasteiger partial charge in [0.2, 0.25) is 11.8 Å². The average molecular weight is 493 g/mol. The second-order valence-corrected chi connectivity index (χ2v) is 10.5. The number of anilines is 1. The molecule has 1 heterocycles. The molecule has 0 bridgehead atoms. The quantitative estimate of drug-likeness (QED) is 0.603. The molecule has 4 rings (SSSR count). The van der Waals surface area contributed by atoms with Crippen LogP contribution in [0.4, 0.5) is 10.5 Å². The summed E-state index contributed by atoms with van der Waals surface area (Å²) < 4.78 is 5.29. The number of benzene rings is 2. The average Bonchev–Trinajstić information content (AvgIpc) is 3.30. The highest BCUT2D eigenvalue weighted by molar-refractivity contribution is 6.07. The number of nitrogens with one attached hydrogen (secondary N) is 2. The van der Waals surface area contributed by atoms with Crippen molar-refractivity contribution in [2.45, 2.75) is 45.7 Å². The molecular weight excluding hydrogens is 460 g/mol. The first-order valence-corrected chi connectivity index (χ1v) is 11.9. The van der Waals surface area contributed by atoms with Gasteiger partial charge in [-0.2, -0.15) is 0 Å². The fraction of sp³-hybridized carbons (Fsp3) is 0.407. The Bertz CT molecular complexity index is 1230. The summed E-state index contributed by atoms with van der Waals surface area (Å²) in [5.41, 5.74) is 1.72. The number of fused-ring (bicyclic) bond motifs is 1. The van der Waals surface area contributed by atoms with E-state index < -0.39 is 17.0 Å². The van der Waals surface area contributed by atoms with Crippen molar-refractivity contribution in [3.63, 3.8) is 0 Å². The van der Waals surface area contributed by atoms with Crippen LogP contribution in [-0.2, 0) is 33.8 Å². The van der Waals surface area contributed by atoms with Gasteiger partial charge in [0.1, 0.15) is 17.8 Å². The van der Waals surface area contributed by atoms with E-state index in [4.69, 9.17) is 4.74 Å². The molecule has 1 aliphatic carbocycles. The lowest BCUT2D eigenvalue weighted by Crippen LogP contribution is -2.48. The number of hydrogen-bond acceptors (Lipinski definition) is 5. The molecule has 2 N–H and O–H groups in total. The number of methoxy groups -OCH3 is 1. The molecule has 1 aliphatic heterocycles. The minimum atomic E-state index is -0.922. The molecule has 1 atom stereocenters. The van der Waals surface area contributed by atoms with E-state index in [9.17, 15) is 19.2 Å². The maximum Gasteiger partial charge on any atom is 0.324 e. The molecule has 1 spiro atoms. The van der Waals surface area contributed by atoms with Crippen LogP contribution < -0.4 is 15.4 Å². The van der Waals surface area contributed by atoms with E-state index in [1.165, 1.54) is 9.80 Å². The number of ether oxygens (including phenoxy) is 1. The normalized spacial score (nSPS) is 18.8. The van der Waals surface area contributed by atoms with Crippen molar-refractivity contribution in [3.8, 4) is 5.75 Å². The Kier molecular flexibility index (Phi) is 6.51. The highest BCUT2D eigenvalue weighted by Crippen LogP contribution is 2.38. The van der Waals surface area contributed by atoms with E-state index in [-0.39, 0.29) is 30.8 Å². The lowest BCUT2D eigenvalue weighted by Gasteiger charge is -2.29. The number of urea groups is 1. The Hall–Kier alpha value is -3.88. The number of hydrogen-bond donors (Lipinski definition) is 2. The number of amides is 5. The summed E-state index contributed by atoms with van der Waals surface area (Å²) >= 11 is 0. The molecule has 2 aromatic rings. The molecule has 9 heteroatoms. The molecular formula is C27H32N4O5. The van der Waals surface area contributed by atoms with E-state index in [0.29, 0.717) is 24.3 Å². The molecule has 36 heavy (non-hydrogen) atoms. The largest absolute Gasteiger partial charge is 0.497 e. The summed E-state index contributed by atoms with van der Waals surface area (Å²) in [6.07, 6.45) is 0.809. The second-order valence-electron chi connectivity index (χ2n) is 10.5. The third-order valence-electron chi connectivity index (χ3n) is 6.82. The van der Waals surface area contributed by atoms with Crippen molar-refractivity contribution in [1.29, 1.82) is 0 Å². The molecule has 9 nitrogen and oxygen atoms in total. The minimum absolute atomic E-state index is 0.117. The van der Waals surface area contributed by atoms with Crippen molar-refractivity contribution in [3.05, 3.63) is 59.2 Å². The Balaban J connectivity index is 1.48. The Morgan fingerprint density at radius 1 is 1.11 bits per heavy atom. The standard InChI is InChI=1S/C27H32N4O5/c1-26(2,3)24(34)31(15-17-7-6-8-21(11-17)36-5)16-22(32)28-20-10-9-18-13-27(14-19(18)12-20)23(33)29-25(35)30(27)4/h6-12H,13-16H2,1-5H3,(H,28,32)(H,29,33,35). The van der Waals surface area contributed by atoms with Crippen LogP contribution in [0.25, 0.3) is 0 Å². The molecule has 2 aliphatic rings. The maximum absolute atomic E-state index is 13.1. The van der Waals surface area contributed by atoms with Gasteiger partial charge in [-0.3, -0.25) is 19.7 Å². The van der Waals surface area contributed by atoms with Crippen LogP contribution in [0.5, 0.6) is 5.75 Å². The maximum atomic E-state index is 13.1. The first-order chi connectivity index (χ1) is 16.9. The van der Waals surface area contributed by atoms with Crippen molar-refractivity contribution < 1.29 is 23.9 Å². The highest BCUT2D eigenvalue weighted by atomic mass is 16.5. The topological polar surface area (TPSA) is 108 Å². The van der Waals surface area contributed by atoms with E-state index in [1.54, 1.807) is 20.2 Å². The summed E-state index contributed by atoms with van der Waals surface area (Å²) in [5.74, 6) is -0.0876. The van der Waals surface area contributed by atoms with Gasteiger partial charge in [0.05, 0.1) is 7.11 Å². The fourth-order valence-corrected chi connectivity index (χ4v) is 4.81. The number of carbonyl (C=O) groups excluding carboxylic acids is 4. The molecule has 1 fully saturated rings. The number of imide groups is 1. The van der Waals surface area contributed by atoms with E-state index in [1.807, 2.05) is 57.2 Å². The van der Waals surface area contributed by atoms with E-state index in [0.717, 1.165) is 16.7 Å². The van der Waals surface area contributed by atoms with Crippen LogP contribution in [0.3, 0.4) is 0 Å². The van der Waals surface area contributed by atoms with Crippen molar-refractivity contribution >= 4 is 29.4 Å². The highest BCUT2D eigenvalue weighted by Gasteiger charge is 2.54. The van der Waals surface area contributed by atoms with Gasteiger partial charge in [-0.25, -0.2) is 4.79 Å². The van der Waals surface area contributed by atoms with Gasteiger partial charge in [-0.15, -0.1) is 0 Å². The molecule has 190 valence electrons. The summed E-state index contributed by atoms with van der Waals surface area (Å²) in [5, 5.41) is 5.27. The van der Waals surface area contributed by atoms with Crippen LogP contribution in [0.2, 0.25) is 0 Å². The van der Waals surface area contributed by atoms with Crippen molar-refractivity contribution in [2.75, 3.05) is 26.0 Å². The van der Waals surface area contributed by atoms with Gasteiger partial charge in [-0.1, -0.05) is 39.0 Å². The summed E-state index contributed by atoms with van der Waals surface area (Å²) in [4.78, 5) is 53.7. The molecule has 1 unspecified atom stereocenters. The van der Waals surface area contributed by atoms with Crippen LogP contribution in [0.1, 0.15) is 37.5 Å². The van der Waals surface area contributed by atoms with E-state index >= 15 is 0 Å². The SMILES string of the molecule is COc1cccc(CN(CC(=O)Nc2ccc3c(c2)CC2(C3)C(=O)NC(=O)N2C)C(=O)C(C)(C)C)c1. The molecule has 5 amide bonds. The summed E-state index contributed by atoms with van der Waals surface area (Å²) in [6.45, 7) is 5.62.